The minimum Gasteiger partial charge on any atom is -0.490 e. The molecule has 1 aliphatic carbocycles. The molecule has 1 aliphatic rings. The zero-order chi connectivity index (χ0) is 13.8. The molecule has 2 nitrogen and oxygen atoms in total. The molecule has 2 heteroatoms. The Kier molecular flexibility index (Phi) is 4.87. The van der Waals surface area contributed by atoms with Crippen LogP contribution in [0.15, 0.2) is 12.1 Å². The van der Waals surface area contributed by atoms with Gasteiger partial charge in [0.2, 0.25) is 0 Å². The zero-order valence-corrected chi connectivity index (χ0v) is 12.8. The van der Waals surface area contributed by atoms with Crippen molar-refractivity contribution >= 4 is 0 Å². The zero-order valence-electron chi connectivity index (χ0n) is 12.8. The third-order valence-electron chi connectivity index (χ3n) is 4.18. The molecule has 0 bridgehead atoms. The first-order valence-corrected chi connectivity index (χ1v) is 7.58. The summed E-state index contributed by atoms with van der Waals surface area (Å²) in [4.78, 5) is 0. The van der Waals surface area contributed by atoms with Gasteiger partial charge in [-0.2, -0.15) is 0 Å². The van der Waals surface area contributed by atoms with Crippen molar-refractivity contribution in [3.63, 3.8) is 0 Å². The summed E-state index contributed by atoms with van der Waals surface area (Å²) in [6, 6.07) is 5.04. The second-order valence-corrected chi connectivity index (χ2v) is 5.87. The Bertz CT molecular complexity index is 426. The van der Waals surface area contributed by atoms with Crippen LogP contribution in [0.25, 0.3) is 0 Å². The van der Waals surface area contributed by atoms with Gasteiger partial charge < -0.3 is 10.1 Å². The molecule has 0 spiro atoms. The fraction of sp³-hybridized carbons (Fsp3) is 0.647. The average molecular weight is 261 g/mol. The lowest BCUT2D eigenvalue weighted by Gasteiger charge is -2.30. The Balaban J connectivity index is 2.04. The lowest BCUT2D eigenvalue weighted by atomic mass is 9.92. The van der Waals surface area contributed by atoms with Crippen LogP contribution in [0, 0.1) is 20.8 Å². The molecule has 0 saturated heterocycles. The number of ether oxygens (including phenoxy) is 1. The quantitative estimate of drug-likeness (QED) is 0.887. The van der Waals surface area contributed by atoms with Crippen LogP contribution in [-0.2, 0) is 0 Å². The van der Waals surface area contributed by atoms with Crippen molar-refractivity contribution in [3.05, 3.63) is 28.8 Å². The van der Waals surface area contributed by atoms with E-state index in [0.717, 1.165) is 18.7 Å². The molecule has 106 valence electrons. The molecule has 2 rings (SSSR count). The van der Waals surface area contributed by atoms with E-state index in [1.165, 1.54) is 36.0 Å². The highest BCUT2D eigenvalue weighted by molar-refractivity contribution is 5.42. The second kappa shape index (κ2) is 6.42. The van der Waals surface area contributed by atoms with E-state index in [1.54, 1.807) is 0 Å². The predicted molar refractivity (Wildman–Crippen MR) is 81.0 cm³/mol. The fourth-order valence-corrected chi connectivity index (χ4v) is 3.03. The summed E-state index contributed by atoms with van der Waals surface area (Å²) in [6.07, 6.45) is 5.26. The van der Waals surface area contributed by atoms with Gasteiger partial charge in [0, 0.05) is 6.04 Å². The van der Waals surface area contributed by atoms with Gasteiger partial charge in [0.15, 0.2) is 0 Å². The summed E-state index contributed by atoms with van der Waals surface area (Å²) in [6.45, 7) is 9.70. The minimum absolute atomic E-state index is 0.373. The van der Waals surface area contributed by atoms with E-state index >= 15 is 0 Å². The summed E-state index contributed by atoms with van der Waals surface area (Å²) in [7, 11) is 0. The lowest BCUT2D eigenvalue weighted by Crippen LogP contribution is -2.38. The van der Waals surface area contributed by atoms with Crippen molar-refractivity contribution in [1.29, 1.82) is 0 Å². The molecule has 19 heavy (non-hydrogen) atoms. The van der Waals surface area contributed by atoms with Gasteiger partial charge in [0.1, 0.15) is 11.9 Å². The SMILES string of the molecule is CCNC1CCCC(Oc2cc(C)cc(C)c2C)C1. The van der Waals surface area contributed by atoms with Gasteiger partial charge in [-0.15, -0.1) is 0 Å². The molecule has 1 saturated carbocycles. The predicted octanol–water partition coefficient (Wildman–Crippen LogP) is 3.91. The number of benzene rings is 1. The topological polar surface area (TPSA) is 21.3 Å². The van der Waals surface area contributed by atoms with Crippen LogP contribution in [0.5, 0.6) is 5.75 Å². The lowest BCUT2D eigenvalue weighted by molar-refractivity contribution is 0.134. The van der Waals surface area contributed by atoms with Gasteiger partial charge in [-0.25, -0.2) is 0 Å². The van der Waals surface area contributed by atoms with Crippen LogP contribution >= 0.6 is 0 Å². The van der Waals surface area contributed by atoms with E-state index in [4.69, 9.17) is 4.74 Å². The summed E-state index contributed by atoms with van der Waals surface area (Å²) in [5.41, 5.74) is 3.90. The monoisotopic (exact) mass is 261 g/mol. The highest BCUT2D eigenvalue weighted by Gasteiger charge is 2.23. The third kappa shape index (κ3) is 3.73. The molecule has 0 aliphatic heterocycles. The Morgan fingerprint density at radius 1 is 1.21 bits per heavy atom. The maximum Gasteiger partial charge on any atom is 0.123 e. The average Bonchev–Trinajstić information content (AvgIpc) is 2.36. The molecule has 1 N–H and O–H groups in total. The van der Waals surface area contributed by atoms with E-state index < -0.39 is 0 Å². The van der Waals surface area contributed by atoms with Gasteiger partial charge in [0.05, 0.1) is 0 Å². The van der Waals surface area contributed by atoms with E-state index in [1.807, 2.05) is 0 Å². The molecule has 1 aromatic rings. The normalized spacial score (nSPS) is 23.4. The number of aryl methyl sites for hydroxylation is 2. The number of nitrogens with one attached hydrogen (secondary N) is 1. The number of hydrogen-bond donors (Lipinski definition) is 1. The standard InChI is InChI=1S/C17H27NO/c1-5-18-15-7-6-8-16(11-15)19-17-10-12(2)9-13(3)14(17)4/h9-10,15-16,18H,5-8,11H2,1-4H3. The molecular formula is C17H27NO. The molecule has 2 atom stereocenters. The fourth-order valence-electron chi connectivity index (χ4n) is 3.03. The Labute approximate surface area is 117 Å². The van der Waals surface area contributed by atoms with E-state index in [0.29, 0.717) is 12.1 Å². The smallest absolute Gasteiger partial charge is 0.123 e. The number of rotatable bonds is 4. The van der Waals surface area contributed by atoms with Crippen LogP contribution in [0.4, 0.5) is 0 Å². The van der Waals surface area contributed by atoms with Crippen molar-refractivity contribution in [2.75, 3.05) is 6.54 Å². The summed E-state index contributed by atoms with van der Waals surface area (Å²) < 4.78 is 6.28. The first kappa shape index (κ1) is 14.4. The van der Waals surface area contributed by atoms with E-state index in [2.05, 4.69) is 45.1 Å². The van der Waals surface area contributed by atoms with Crippen molar-refractivity contribution in [3.8, 4) is 5.75 Å². The summed E-state index contributed by atoms with van der Waals surface area (Å²) in [5.74, 6) is 1.08. The van der Waals surface area contributed by atoms with Crippen LogP contribution < -0.4 is 10.1 Å². The first-order chi connectivity index (χ1) is 9.10. The largest absolute Gasteiger partial charge is 0.490 e. The van der Waals surface area contributed by atoms with Gasteiger partial charge in [0.25, 0.3) is 0 Å². The second-order valence-electron chi connectivity index (χ2n) is 5.87. The van der Waals surface area contributed by atoms with Crippen LogP contribution in [-0.4, -0.2) is 18.7 Å². The third-order valence-corrected chi connectivity index (χ3v) is 4.18. The van der Waals surface area contributed by atoms with E-state index in [-0.39, 0.29) is 0 Å². The Hall–Kier alpha value is -1.02. The van der Waals surface area contributed by atoms with Gasteiger partial charge in [-0.1, -0.05) is 13.0 Å². The van der Waals surface area contributed by atoms with Gasteiger partial charge >= 0.3 is 0 Å². The van der Waals surface area contributed by atoms with Crippen molar-refractivity contribution < 1.29 is 4.74 Å². The van der Waals surface area contributed by atoms with Crippen molar-refractivity contribution in [2.24, 2.45) is 0 Å². The maximum absolute atomic E-state index is 6.28. The molecule has 0 heterocycles. The maximum atomic E-state index is 6.28. The van der Waals surface area contributed by atoms with Crippen molar-refractivity contribution in [1.82, 2.24) is 5.32 Å². The van der Waals surface area contributed by atoms with Crippen LogP contribution in [0.3, 0.4) is 0 Å². The first-order valence-electron chi connectivity index (χ1n) is 7.58. The molecule has 0 radical (unpaired) electrons. The summed E-state index contributed by atoms with van der Waals surface area (Å²) in [5, 5.41) is 3.56. The molecule has 1 fully saturated rings. The van der Waals surface area contributed by atoms with Crippen LogP contribution in [0.2, 0.25) is 0 Å². The molecule has 1 aromatic carbocycles. The van der Waals surface area contributed by atoms with Gasteiger partial charge in [-0.3, -0.25) is 0 Å². The van der Waals surface area contributed by atoms with Crippen molar-refractivity contribution in [2.45, 2.75) is 65.5 Å². The Morgan fingerprint density at radius 3 is 2.74 bits per heavy atom. The Morgan fingerprint density at radius 2 is 2.00 bits per heavy atom. The molecular weight excluding hydrogens is 234 g/mol. The summed E-state index contributed by atoms with van der Waals surface area (Å²) >= 11 is 0. The molecule has 0 aromatic heterocycles. The molecule has 0 amide bonds. The van der Waals surface area contributed by atoms with Gasteiger partial charge in [-0.05, 0) is 75.8 Å². The highest BCUT2D eigenvalue weighted by Crippen LogP contribution is 2.28. The van der Waals surface area contributed by atoms with Crippen LogP contribution in [0.1, 0.15) is 49.3 Å². The number of hydrogen-bond acceptors (Lipinski definition) is 2. The highest BCUT2D eigenvalue weighted by atomic mass is 16.5. The minimum atomic E-state index is 0.373. The molecule has 2 unspecified atom stereocenters. The van der Waals surface area contributed by atoms with E-state index in [9.17, 15) is 0 Å².